The Kier molecular flexibility index (Phi) is 4.78. The molecular weight excluding hydrogens is 438 g/mol. The highest BCUT2D eigenvalue weighted by atomic mass is 32.2. The first kappa shape index (κ1) is 20.6. The van der Waals surface area contributed by atoms with E-state index >= 15 is 0 Å². The number of benzene rings is 1. The number of rotatable bonds is 4. The molecule has 0 saturated heterocycles. The lowest BCUT2D eigenvalue weighted by atomic mass is 10.1. The molecule has 3 aromatic heterocycles. The fourth-order valence-corrected chi connectivity index (χ4v) is 3.61. The molecule has 13 heteroatoms. The molecule has 2 N–H and O–H groups in total. The van der Waals surface area contributed by atoms with Crippen LogP contribution < -0.4 is 21.3 Å². The number of ether oxygens (including phenoxy) is 1. The minimum Gasteiger partial charge on any atom is -0.481 e. The molecular formula is C18H12F2N4O6S. The molecule has 0 aliphatic heterocycles. The molecule has 1 aromatic carbocycles. The number of nitrogens with two attached hydrogens (primary N) is 1. The predicted octanol–water partition coefficient (Wildman–Crippen LogP) is 0.880. The lowest BCUT2D eigenvalue weighted by molar-refractivity contribution is 0.399. The molecule has 0 aliphatic rings. The van der Waals surface area contributed by atoms with E-state index in [4.69, 9.17) is 9.88 Å². The smallest absolute Gasteiger partial charge is 0.422 e. The number of hydrogen-bond donors (Lipinski definition) is 1. The van der Waals surface area contributed by atoms with Gasteiger partial charge < -0.3 is 9.15 Å². The van der Waals surface area contributed by atoms with Gasteiger partial charge in [0.15, 0.2) is 5.65 Å². The number of pyridine rings is 2. The average molecular weight is 450 g/mol. The molecule has 0 fully saturated rings. The number of nitrogens with zero attached hydrogens (tertiary/aromatic N) is 3. The monoisotopic (exact) mass is 450 g/mol. The van der Waals surface area contributed by atoms with Crippen LogP contribution in [0.4, 0.5) is 8.78 Å². The van der Waals surface area contributed by atoms with Gasteiger partial charge >= 0.3 is 11.4 Å². The minimum atomic E-state index is -4.36. The van der Waals surface area contributed by atoms with Crippen molar-refractivity contribution in [1.82, 2.24) is 14.5 Å². The predicted molar refractivity (Wildman–Crippen MR) is 103 cm³/mol. The van der Waals surface area contributed by atoms with Gasteiger partial charge in [-0.25, -0.2) is 36.9 Å². The van der Waals surface area contributed by atoms with E-state index < -0.39 is 50.0 Å². The quantitative estimate of drug-likeness (QED) is 0.451. The Balaban J connectivity index is 2.02. The molecule has 160 valence electrons. The lowest BCUT2D eigenvalue weighted by Gasteiger charge is -2.12. The van der Waals surface area contributed by atoms with E-state index in [9.17, 15) is 26.8 Å². The van der Waals surface area contributed by atoms with Gasteiger partial charge in [-0.15, -0.1) is 0 Å². The fraction of sp³-hybridized carbons (Fsp3) is 0.111. The Labute approximate surface area is 171 Å². The summed E-state index contributed by atoms with van der Waals surface area (Å²) in [5.41, 5.74) is -1.55. The molecule has 0 radical (unpaired) electrons. The SMILES string of the molecule is COc1ccc2c(ncc3c(=O)oc(=O)n(Cc4c(F)cc(S(N)(=O)=O)cc4F)c32)n1. The van der Waals surface area contributed by atoms with Crippen LogP contribution in [0.3, 0.4) is 0 Å². The number of hydrogen-bond acceptors (Lipinski definition) is 8. The van der Waals surface area contributed by atoms with Crippen molar-refractivity contribution in [3.05, 3.63) is 68.6 Å². The van der Waals surface area contributed by atoms with Crippen molar-refractivity contribution in [2.45, 2.75) is 11.4 Å². The van der Waals surface area contributed by atoms with Crippen LogP contribution in [0.25, 0.3) is 21.9 Å². The van der Waals surface area contributed by atoms with Crippen LogP contribution >= 0.6 is 0 Å². The van der Waals surface area contributed by atoms with Crippen molar-refractivity contribution in [3.63, 3.8) is 0 Å². The van der Waals surface area contributed by atoms with Crippen molar-refractivity contribution in [2.75, 3.05) is 7.11 Å². The molecule has 0 saturated carbocycles. The maximum absolute atomic E-state index is 14.5. The lowest BCUT2D eigenvalue weighted by Crippen LogP contribution is -2.27. The van der Waals surface area contributed by atoms with Crippen LogP contribution in [0.2, 0.25) is 0 Å². The van der Waals surface area contributed by atoms with Gasteiger partial charge in [-0.3, -0.25) is 4.57 Å². The van der Waals surface area contributed by atoms with Gasteiger partial charge in [-0.2, -0.15) is 4.98 Å². The highest BCUT2D eigenvalue weighted by Gasteiger charge is 2.21. The number of methoxy groups -OCH3 is 1. The number of sulfonamides is 1. The summed E-state index contributed by atoms with van der Waals surface area (Å²) < 4.78 is 62.4. The molecule has 10 nitrogen and oxygen atoms in total. The zero-order valence-electron chi connectivity index (χ0n) is 15.6. The first-order chi connectivity index (χ1) is 14.6. The molecule has 0 bridgehead atoms. The molecule has 0 unspecified atom stereocenters. The highest BCUT2D eigenvalue weighted by Crippen LogP contribution is 2.24. The second-order valence-corrected chi connectivity index (χ2v) is 7.96. The summed E-state index contributed by atoms with van der Waals surface area (Å²) >= 11 is 0. The highest BCUT2D eigenvalue weighted by molar-refractivity contribution is 7.89. The van der Waals surface area contributed by atoms with Crippen molar-refractivity contribution in [1.29, 1.82) is 0 Å². The molecule has 4 rings (SSSR count). The van der Waals surface area contributed by atoms with Crippen molar-refractivity contribution in [3.8, 4) is 5.88 Å². The van der Waals surface area contributed by atoms with Gasteiger partial charge in [0.25, 0.3) is 0 Å². The Morgan fingerprint density at radius 3 is 2.45 bits per heavy atom. The molecule has 4 aromatic rings. The molecule has 0 amide bonds. The van der Waals surface area contributed by atoms with Gasteiger partial charge in [0.2, 0.25) is 15.9 Å². The average Bonchev–Trinajstić information content (AvgIpc) is 2.70. The van der Waals surface area contributed by atoms with E-state index in [2.05, 4.69) is 14.4 Å². The fourth-order valence-electron chi connectivity index (χ4n) is 3.08. The largest absolute Gasteiger partial charge is 0.481 e. The van der Waals surface area contributed by atoms with E-state index in [0.717, 1.165) is 10.8 Å². The van der Waals surface area contributed by atoms with E-state index in [-0.39, 0.29) is 27.8 Å². The van der Waals surface area contributed by atoms with Gasteiger partial charge in [-0.05, 0) is 18.2 Å². The maximum atomic E-state index is 14.5. The summed E-state index contributed by atoms with van der Waals surface area (Å²) in [4.78, 5) is 32.0. The summed E-state index contributed by atoms with van der Waals surface area (Å²) in [5.74, 6) is -3.48. The Morgan fingerprint density at radius 2 is 1.84 bits per heavy atom. The minimum absolute atomic E-state index is 0.0178. The summed E-state index contributed by atoms with van der Waals surface area (Å²) in [6, 6.07) is 4.00. The molecule has 0 spiro atoms. The first-order valence-electron chi connectivity index (χ1n) is 8.48. The summed E-state index contributed by atoms with van der Waals surface area (Å²) in [6.45, 7) is -0.715. The number of aromatic nitrogens is 3. The number of halogens is 2. The summed E-state index contributed by atoms with van der Waals surface area (Å²) in [7, 11) is -2.97. The third-order valence-electron chi connectivity index (χ3n) is 4.53. The zero-order valence-corrected chi connectivity index (χ0v) is 16.4. The third-order valence-corrected chi connectivity index (χ3v) is 5.43. The second-order valence-electron chi connectivity index (χ2n) is 6.40. The Hall–Kier alpha value is -3.71. The van der Waals surface area contributed by atoms with Gasteiger partial charge in [0, 0.05) is 23.2 Å². The van der Waals surface area contributed by atoms with Crippen LogP contribution in [-0.4, -0.2) is 30.1 Å². The van der Waals surface area contributed by atoms with E-state index in [1.165, 1.54) is 19.2 Å². The Morgan fingerprint density at radius 1 is 1.16 bits per heavy atom. The van der Waals surface area contributed by atoms with E-state index in [0.29, 0.717) is 12.1 Å². The topological polar surface area (TPSA) is 147 Å². The summed E-state index contributed by atoms with van der Waals surface area (Å²) in [5, 5.41) is 5.01. The maximum Gasteiger partial charge on any atom is 0.422 e. The van der Waals surface area contributed by atoms with E-state index in [1.807, 2.05) is 0 Å². The van der Waals surface area contributed by atoms with E-state index in [1.54, 1.807) is 0 Å². The van der Waals surface area contributed by atoms with Gasteiger partial charge in [0.1, 0.15) is 17.0 Å². The van der Waals surface area contributed by atoms with Gasteiger partial charge in [0.05, 0.1) is 24.1 Å². The van der Waals surface area contributed by atoms with Crippen molar-refractivity contribution in [2.24, 2.45) is 5.14 Å². The standard InChI is InChI=1S/C18H12F2N4O6S/c1-29-14-3-2-9-15-10(6-22-16(9)23-14)17(25)30-18(26)24(15)7-11-12(19)4-8(5-13(11)20)31(21,27)28/h2-6H,7H2,1H3,(H2,21,27,28). The van der Waals surface area contributed by atoms with Crippen molar-refractivity contribution >= 4 is 32.0 Å². The Bertz CT molecular complexity index is 1570. The molecule has 3 heterocycles. The van der Waals surface area contributed by atoms with Crippen LogP contribution in [0.5, 0.6) is 5.88 Å². The molecule has 31 heavy (non-hydrogen) atoms. The zero-order chi connectivity index (χ0) is 22.5. The summed E-state index contributed by atoms with van der Waals surface area (Å²) in [6.07, 6.45) is 1.11. The van der Waals surface area contributed by atoms with Crippen LogP contribution in [0, 0.1) is 11.6 Å². The van der Waals surface area contributed by atoms with Gasteiger partial charge in [-0.1, -0.05) is 0 Å². The second kappa shape index (κ2) is 7.21. The number of fused-ring (bicyclic) bond motifs is 3. The van der Waals surface area contributed by atoms with Crippen LogP contribution in [-0.2, 0) is 16.6 Å². The van der Waals surface area contributed by atoms with Crippen LogP contribution in [0.1, 0.15) is 5.56 Å². The van der Waals surface area contributed by atoms with Crippen molar-refractivity contribution < 1.29 is 26.4 Å². The third kappa shape index (κ3) is 3.53. The number of primary sulfonamides is 1. The van der Waals surface area contributed by atoms with Crippen LogP contribution in [0.15, 0.2) is 49.4 Å². The molecule has 0 atom stereocenters. The normalized spacial score (nSPS) is 11.9. The molecule has 0 aliphatic carbocycles. The first-order valence-corrected chi connectivity index (χ1v) is 10.0.